The molecule has 1 aliphatic rings. The minimum Gasteiger partial charge on any atom is -0.496 e. The summed E-state index contributed by atoms with van der Waals surface area (Å²) in [5.74, 6) is -1.56. The summed E-state index contributed by atoms with van der Waals surface area (Å²) >= 11 is 0. The summed E-state index contributed by atoms with van der Waals surface area (Å²) in [6, 6.07) is 9.76. The molecule has 8 nitrogen and oxygen atoms in total. The first-order valence-electron chi connectivity index (χ1n) is 11.1. The van der Waals surface area contributed by atoms with Gasteiger partial charge in [-0.15, -0.1) is 0 Å². The van der Waals surface area contributed by atoms with Crippen LogP contribution in [0.4, 0.5) is 4.39 Å². The highest BCUT2D eigenvalue weighted by Gasteiger charge is 2.27. The predicted molar refractivity (Wildman–Crippen MR) is 123 cm³/mol. The summed E-state index contributed by atoms with van der Waals surface area (Å²) in [6.45, 7) is 0.540. The SMILES string of the molecule is COc1ccc(S(=O)(=O)N2CCCCCC2)cc1C(=O)OCC(=O)N(C)Cc1ccc(F)cc1. The average molecular weight is 493 g/mol. The zero-order chi connectivity index (χ0) is 24.7. The first kappa shape index (κ1) is 25.6. The molecule has 1 amide bonds. The van der Waals surface area contributed by atoms with E-state index in [0.29, 0.717) is 13.1 Å². The smallest absolute Gasteiger partial charge is 0.342 e. The number of benzene rings is 2. The first-order chi connectivity index (χ1) is 16.2. The number of amides is 1. The maximum absolute atomic E-state index is 13.1. The van der Waals surface area contributed by atoms with Crippen molar-refractivity contribution in [3.8, 4) is 5.75 Å². The van der Waals surface area contributed by atoms with Crippen LogP contribution in [0.3, 0.4) is 0 Å². The van der Waals surface area contributed by atoms with Crippen LogP contribution in [-0.2, 0) is 26.1 Å². The second kappa shape index (κ2) is 11.4. The van der Waals surface area contributed by atoms with Crippen molar-refractivity contribution in [3.05, 3.63) is 59.4 Å². The van der Waals surface area contributed by atoms with Gasteiger partial charge in [0.1, 0.15) is 17.1 Å². The molecule has 2 aromatic carbocycles. The van der Waals surface area contributed by atoms with E-state index in [-0.39, 0.29) is 28.6 Å². The average Bonchev–Trinajstić information content (AvgIpc) is 3.13. The third kappa shape index (κ3) is 6.32. The van der Waals surface area contributed by atoms with Gasteiger partial charge in [-0.05, 0) is 48.7 Å². The Morgan fingerprint density at radius 3 is 2.29 bits per heavy atom. The summed E-state index contributed by atoms with van der Waals surface area (Å²) in [4.78, 5) is 26.5. The Balaban J connectivity index is 1.69. The standard InChI is InChI=1S/C24H29FN2O6S/c1-26(16-18-7-9-19(25)10-8-18)23(28)17-33-24(29)21-15-20(11-12-22(21)32-2)34(30,31)27-13-5-3-4-6-14-27/h7-12,15H,3-6,13-14,16-17H2,1-2H3. The summed E-state index contributed by atoms with van der Waals surface area (Å²) in [6.07, 6.45) is 3.54. The topological polar surface area (TPSA) is 93.2 Å². The van der Waals surface area contributed by atoms with E-state index in [0.717, 1.165) is 31.2 Å². The summed E-state index contributed by atoms with van der Waals surface area (Å²) in [7, 11) is -0.887. The summed E-state index contributed by atoms with van der Waals surface area (Å²) < 4.78 is 51.1. The molecule has 0 aliphatic carbocycles. The van der Waals surface area contributed by atoms with Gasteiger partial charge in [0, 0.05) is 26.7 Å². The number of sulfonamides is 1. The normalized spacial score (nSPS) is 14.8. The number of halogens is 1. The van der Waals surface area contributed by atoms with Crippen LogP contribution in [0.2, 0.25) is 0 Å². The summed E-state index contributed by atoms with van der Waals surface area (Å²) in [5.41, 5.74) is 0.643. The number of carbonyl (C=O) groups excluding carboxylic acids is 2. The Labute approximate surface area is 199 Å². The van der Waals surface area contributed by atoms with Crippen molar-refractivity contribution in [3.63, 3.8) is 0 Å². The maximum atomic E-state index is 13.1. The van der Waals surface area contributed by atoms with Crippen molar-refractivity contribution >= 4 is 21.9 Å². The molecule has 1 aliphatic heterocycles. The molecule has 1 saturated heterocycles. The number of methoxy groups -OCH3 is 1. The van der Waals surface area contributed by atoms with Crippen LogP contribution in [0.5, 0.6) is 5.75 Å². The highest BCUT2D eigenvalue weighted by atomic mass is 32.2. The Hall–Kier alpha value is -2.98. The van der Waals surface area contributed by atoms with Gasteiger partial charge in [0.05, 0.1) is 12.0 Å². The van der Waals surface area contributed by atoms with Gasteiger partial charge in [0.15, 0.2) is 6.61 Å². The minimum absolute atomic E-state index is 0.0260. The zero-order valence-corrected chi connectivity index (χ0v) is 20.1. The van der Waals surface area contributed by atoms with Crippen molar-refractivity contribution in [1.82, 2.24) is 9.21 Å². The third-order valence-corrected chi connectivity index (χ3v) is 7.57. The van der Waals surface area contributed by atoms with Crippen LogP contribution in [0, 0.1) is 5.82 Å². The molecule has 0 unspecified atom stereocenters. The van der Waals surface area contributed by atoms with Gasteiger partial charge in [-0.25, -0.2) is 17.6 Å². The van der Waals surface area contributed by atoms with E-state index in [4.69, 9.17) is 9.47 Å². The molecule has 0 aromatic heterocycles. The molecule has 0 N–H and O–H groups in total. The van der Waals surface area contributed by atoms with E-state index < -0.39 is 28.5 Å². The van der Waals surface area contributed by atoms with Crippen LogP contribution in [0.25, 0.3) is 0 Å². The third-order valence-electron chi connectivity index (χ3n) is 5.68. The van der Waals surface area contributed by atoms with E-state index >= 15 is 0 Å². The molecule has 184 valence electrons. The van der Waals surface area contributed by atoms with Gasteiger partial charge in [-0.3, -0.25) is 4.79 Å². The van der Waals surface area contributed by atoms with Crippen molar-refractivity contribution in [2.75, 3.05) is 33.9 Å². The molecule has 34 heavy (non-hydrogen) atoms. The van der Waals surface area contributed by atoms with Crippen molar-refractivity contribution < 1.29 is 31.9 Å². The van der Waals surface area contributed by atoms with E-state index in [1.165, 1.54) is 53.7 Å². The molecular formula is C24H29FN2O6S. The molecule has 0 saturated carbocycles. The predicted octanol–water partition coefficient (Wildman–Crippen LogP) is 3.21. The van der Waals surface area contributed by atoms with Gasteiger partial charge in [0.2, 0.25) is 10.0 Å². The van der Waals surface area contributed by atoms with Gasteiger partial charge < -0.3 is 14.4 Å². The van der Waals surface area contributed by atoms with Gasteiger partial charge in [-0.1, -0.05) is 25.0 Å². The molecule has 1 heterocycles. The highest BCUT2D eigenvalue weighted by Crippen LogP contribution is 2.26. The van der Waals surface area contributed by atoms with Crippen LogP contribution < -0.4 is 4.74 Å². The molecule has 0 atom stereocenters. The highest BCUT2D eigenvalue weighted by molar-refractivity contribution is 7.89. The van der Waals surface area contributed by atoms with Crippen LogP contribution in [-0.4, -0.2) is 63.4 Å². The molecule has 10 heteroatoms. The van der Waals surface area contributed by atoms with Crippen LogP contribution in [0.1, 0.15) is 41.6 Å². The Bertz CT molecular complexity index is 1110. The zero-order valence-electron chi connectivity index (χ0n) is 19.3. The number of likely N-dealkylation sites (N-methyl/N-ethyl adjacent to an activating group) is 1. The molecule has 0 bridgehead atoms. The molecular weight excluding hydrogens is 463 g/mol. The first-order valence-corrected chi connectivity index (χ1v) is 12.5. The Kier molecular flexibility index (Phi) is 8.62. The lowest BCUT2D eigenvalue weighted by Gasteiger charge is -2.21. The lowest BCUT2D eigenvalue weighted by molar-refractivity contribution is -0.133. The van der Waals surface area contributed by atoms with E-state index in [2.05, 4.69) is 0 Å². The molecule has 3 rings (SSSR count). The van der Waals surface area contributed by atoms with Gasteiger partial charge in [0.25, 0.3) is 5.91 Å². The second-order valence-electron chi connectivity index (χ2n) is 8.13. The number of hydrogen-bond donors (Lipinski definition) is 0. The quantitative estimate of drug-likeness (QED) is 0.526. The van der Waals surface area contributed by atoms with E-state index in [1.807, 2.05) is 0 Å². The number of carbonyl (C=O) groups is 2. The van der Waals surface area contributed by atoms with Crippen LogP contribution in [0.15, 0.2) is 47.4 Å². The lowest BCUT2D eigenvalue weighted by Crippen LogP contribution is -2.32. The fraction of sp³-hybridized carbons (Fsp3) is 0.417. The number of rotatable bonds is 8. The number of ether oxygens (including phenoxy) is 2. The number of hydrogen-bond acceptors (Lipinski definition) is 6. The van der Waals surface area contributed by atoms with Gasteiger partial charge >= 0.3 is 5.97 Å². The summed E-state index contributed by atoms with van der Waals surface area (Å²) in [5, 5.41) is 0. The van der Waals surface area contributed by atoms with E-state index in [9.17, 15) is 22.4 Å². The molecule has 1 fully saturated rings. The van der Waals surface area contributed by atoms with Crippen molar-refractivity contribution in [1.29, 1.82) is 0 Å². The Morgan fingerprint density at radius 1 is 1.03 bits per heavy atom. The fourth-order valence-corrected chi connectivity index (χ4v) is 5.25. The fourth-order valence-electron chi connectivity index (χ4n) is 3.71. The molecule has 0 spiro atoms. The van der Waals surface area contributed by atoms with Crippen molar-refractivity contribution in [2.24, 2.45) is 0 Å². The number of nitrogens with zero attached hydrogens (tertiary/aromatic N) is 2. The van der Waals surface area contributed by atoms with Crippen LogP contribution >= 0.6 is 0 Å². The largest absolute Gasteiger partial charge is 0.496 e. The monoisotopic (exact) mass is 492 g/mol. The maximum Gasteiger partial charge on any atom is 0.342 e. The molecule has 0 radical (unpaired) electrons. The van der Waals surface area contributed by atoms with Gasteiger partial charge in [-0.2, -0.15) is 4.31 Å². The van der Waals surface area contributed by atoms with E-state index in [1.54, 1.807) is 12.1 Å². The lowest BCUT2D eigenvalue weighted by atomic mass is 10.2. The Morgan fingerprint density at radius 2 is 1.68 bits per heavy atom. The second-order valence-corrected chi connectivity index (χ2v) is 10.1. The molecule has 2 aromatic rings. The van der Waals surface area contributed by atoms with Crippen molar-refractivity contribution in [2.45, 2.75) is 37.1 Å². The minimum atomic E-state index is -3.78. The number of esters is 1.